The van der Waals surface area contributed by atoms with Crippen LogP contribution in [-0.2, 0) is 6.54 Å². The van der Waals surface area contributed by atoms with E-state index in [1.807, 2.05) is 6.20 Å². The summed E-state index contributed by atoms with van der Waals surface area (Å²) in [5.74, 6) is 0.940. The molecule has 0 radical (unpaired) electrons. The van der Waals surface area contributed by atoms with E-state index in [1.54, 1.807) is 11.3 Å². The van der Waals surface area contributed by atoms with Crippen LogP contribution < -0.4 is 10.6 Å². The topological polar surface area (TPSA) is 42.2 Å². The highest BCUT2D eigenvalue weighted by atomic mass is 32.1. The minimum absolute atomic E-state index is 0.615. The molecule has 0 aromatic carbocycles. The monoisotopic (exact) mass is 239 g/mol. The van der Waals surface area contributed by atoms with Gasteiger partial charge in [0.05, 0.1) is 0 Å². The Balaban J connectivity index is 1.88. The molecule has 2 heterocycles. The molecule has 2 rings (SSSR count). The first-order valence-electron chi connectivity index (χ1n) is 6.23. The van der Waals surface area contributed by atoms with Crippen molar-refractivity contribution < 1.29 is 0 Å². The highest BCUT2D eigenvalue weighted by Gasteiger charge is 2.20. The van der Waals surface area contributed by atoms with Gasteiger partial charge in [0.1, 0.15) is 0 Å². The largest absolute Gasteiger partial charge is 0.348 e. The van der Waals surface area contributed by atoms with Crippen LogP contribution in [0, 0.1) is 5.92 Å². The minimum atomic E-state index is 0.615. The highest BCUT2D eigenvalue weighted by molar-refractivity contribution is 7.15. The van der Waals surface area contributed by atoms with E-state index in [0.29, 0.717) is 6.54 Å². The van der Waals surface area contributed by atoms with Crippen LogP contribution in [0.25, 0.3) is 0 Å². The normalized spacial score (nSPS) is 18.0. The summed E-state index contributed by atoms with van der Waals surface area (Å²) in [6.07, 6.45) is 7.27. The maximum atomic E-state index is 5.61. The first kappa shape index (κ1) is 11.9. The number of rotatable bonds is 4. The van der Waals surface area contributed by atoms with E-state index >= 15 is 0 Å². The number of nitrogens with zero attached hydrogens (tertiary/aromatic N) is 2. The predicted molar refractivity (Wildman–Crippen MR) is 69.9 cm³/mol. The molecule has 0 atom stereocenters. The van der Waals surface area contributed by atoms with Crippen molar-refractivity contribution >= 4 is 16.5 Å². The van der Waals surface area contributed by atoms with Crippen LogP contribution in [0.4, 0.5) is 5.13 Å². The maximum Gasteiger partial charge on any atom is 0.185 e. The van der Waals surface area contributed by atoms with Crippen molar-refractivity contribution in [2.24, 2.45) is 11.7 Å². The second-order valence-electron chi connectivity index (χ2n) is 4.53. The smallest absolute Gasteiger partial charge is 0.185 e. The number of nitrogens with two attached hydrogens (primary N) is 1. The minimum Gasteiger partial charge on any atom is -0.348 e. The van der Waals surface area contributed by atoms with Crippen molar-refractivity contribution in [1.82, 2.24) is 4.98 Å². The van der Waals surface area contributed by atoms with E-state index in [1.165, 1.54) is 43.6 Å². The fourth-order valence-corrected chi connectivity index (χ4v) is 3.20. The van der Waals surface area contributed by atoms with Gasteiger partial charge in [0.15, 0.2) is 5.13 Å². The number of piperidine rings is 1. The van der Waals surface area contributed by atoms with Gasteiger partial charge in [-0.25, -0.2) is 4.98 Å². The Morgan fingerprint density at radius 3 is 2.81 bits per heavy atom. The van der Waals surface area contributed by atoms with Crippen LogP contribution in [0.3, 0.4) is 0 Å². The molecular weight excluding hydrogens is 218 g/mol. The van der Waals surface area contributed by atoms with Gasteiger partial charge in [-0.1, -0.05) is 19.8 Å². The third-order valence-corrected chi connectivity index (χ3v) is 4.40. The summed E-state index contributed by atoms with van der Waals surface area (Å²) in [4.78, 5) is 8.04. The van der Waals surface area contributed by atoms with E-state index in [9.17, 15) is 0 Å². The zero-order chi connectivity index (χ0) is 11.4. The van der Waals surface area contributed by atoms with Crippen molar-refractivity contribution in [2.45, 2.75) is 39.2 Å². The predicted octanol–water partition coefficient (Wildman–Crippen LogP) is 2.62. The molecule has 1 aliphatic rings. The zero-order valence-corrected chi connectivity index (χ0v) is 10.8. The summed E-state index contributed by atoms with van der Waals surface area (Å²) < 4.78 is 0. The van der Waals surface area contributed by atoms with Gasteiger partial charge in [-0.2, -0.15) is 0 Å². The first-order valence-corrected chi connectivity index (χ1v) is 7.04. The van der Waals surface area contributed by atoms with E-state index < -0.39 is 0 Å². The van der Waals surface area contributed by atoms with Crippen LogP contribution in [0.15, 0.2) is 6.20 Å². The van der Waals surface area contributed by atoms with Gasteiger partial charge in [0.2, 0.25) is 0 Å². The molecule has 4 heteroatoms. The van der Waals surface area contributed by atoms with Crippen LogP contribution in [-0.4, -0.2) is 18.1 Å². The SMILES string of the molecule is CCCC1CCN(c2ncc(CN)s2)CC1. The van der Waals surface area contributed by atoms with Crippen molar-refractivity contribution in [3.05, 3.63) is 11.1 Å². The Labute approximate surface area is 102 Å². The molecule has 16 heavy (non-hydrogen) atoms. The fraction of sp³-hybridized carbons (Fsp3) is 0.750. The molecule has 0 saturated carbocycles. The Kier molecular flexibility index (Phi) is 4.18. The average Bonchev–Trinajstić information content (AvgIpc) is 2.79. The molecule has 1 aliphatic heterocycles. The van der Waals surface area contributed by atoms with Gasteiger partial charge in [0.25, 0.3) is 0 Å². The number of hydrogen-bond acceptors (Lipinski definition) is 4. The second-order valence-corrected chi connectivity index (χ2v) is 5.63. The molecule has 0 aliphatic carbocycles. The summed E-state index contributed by atoms with van der Waals surface area (Å²) in [5.41, 5.74) is 5.61. The fourth-order valence-electron chi connectivity index (χ4n) is 2.36. The Hall–Kier alpha value is -0.610. The summed E-state index contributed by atoms with van der Waals surface area (Å²) in [6, 6.07) is 0. The van der Waals surface area contributed by atoms with Gasteiger partial charge in [-0.15, -0.1) is 11.3 Å². The van der Waals surface area contributed by atoms with Crippen LogP contribution in [0.5, 0.6) is 0 Å². The number of anilines is 1. The van der Waals surface area contributed by atoms with Gasteiger partial charge < -0.3 is 10.6 Å². The van der Waals surface area contributed by atoms with Crippen LogP contribution >= 0.6 is 11.3 Å². The van der Waals surface area contributed by atoms with Crippen LogP contribution in [0.2, 0.25) is 0 Å². The average molecular weight is 239 g/mol. The molecule has 90 valence electrons. The number of thiazole rings is 1. The van der Waals surface area contributed by atoms with Gasteiger partial charge in [-0.05, 0) is 18.8 Å². The van der Waals surface area contributed by atoms with E-state index in [-0.39, 0.29) is 0 Å². The lowest BCUT2D eigenvalue weighted by Gasteiger charge is -2.31. The summed E-state index contributed by atoms with van der Waals surface area (Å²) >= 11 is 1.74. The standard InChI is InChI=1S/C12H21N3S/c1-2-3-10-4-6-15(7-5-10)12-14-9-11(8-13)16-12/h9-10H,2-8,13H2,1H3. The summed E-state index contributed by atoms with van der Waals surface area (Å²) in [5, 5.41) is 1.16. The summed E-state index contributed by atoms with van der Waals surface area (Å²) in [7, 11) is 0. The van der Waals surface area contributed by atoms with Crippen molar-refractivity contribution in [3.63, 3.8) is 0 Å². The molecular formula is C12H21N3S. The van der Waals surface area contributed by atoms with Gasteiger partial charge in [-0.3, -0.25) is 0 Å². The second kappa shape index (κ2) is 5.64. The highest BCUT2D eigenvalue weighted by Crippen LogP contribution is 2.28. The number of aromatic nitrogens is 1. The molecule has 0 unspecified atom stereocenters. The third-order valence-electron chi connectivity index (χ3n) is 3.32. The number of hydrogen-bond donors (Lipinski definition) is 1. The maximum absolute atomic E-state index is 5.61. The summed E-state index contributed by atoms with van der Waals surface area (Å²) in [6.45, 7) is 5.23. The van der Waals surface area contributed by atoms with E-state index in [0.717, 1.165) is 11.0 Å². The Morgan fingerprint density at radius 2 is 2.25 bits per heavy atom. The molecule has 3 nitrogen and oxygen atoms in total. The lowest BCUT2D eigenvalue weighted by atomic mass is 9.93. The van der Waals surface area contributed by atoms with Crippen molar-refractivity contribution in [2.75, 3.05) is 18.0 Å². The molecule has 0 spiro atoms. The van der Waals surface area contributed by atoms with E-state index in [2.05, 4.69) is 16.8 Å². The lowest BCUT2D eigenvalue weighted by Crippen LogP contribution is -2.33. The quantitative estimate of drug-likeness (QED) is 0.878. The molecule has 0 bridgehead atoms. The molecule has 1 fully saturated rings. The Morgan fingerprint density at radius 1 is 1.50 bits per heavy atom. The van der Waals surface area contributed by atoms with Crippen LogP contribution in [0.1, 0.15) is 37.5 Å². The van der Waals surface area contributed by atoms with Gasteiger partial charge in [0, 0.05) is 30.7 Å². The third kappa shape index (κ3) is 2.74. The zero-order valence-electron chi connectivity index (χ0n) is 9.98. The molecule has 1 aromatic rings. The molecule has 2 N–H and O–H groups in total. The lowest BCUT2D eigenvalue weighted by molar-refractivity contribution is 0.378. The first-order chi connectivity index (χ1) is 7.83. The Bertz CT molecular complexity index is 316. The molecule has 1 aromatic heterocycles. The molecule has 1 saturated heterocycles. The van der Waals surface area contributed by atoms with Crippen molar-refractivity contribution in [3.8, 4) is 0 Å². The molecule has 0 amide bonds. The van der Waals surface area contributed by atoms with Crippen molar-refractivity contribution in [1.29, 1.82) is 0 Å². The van der Waals surface area contributed by atoms with E-state index in [4.69, 9.17) is 5.73 Å². The van der Waals surface area contributed by atoms with Gasteiger partial charge >= 0.3 is 0 Å².